The predicted molar refractivity (Wildman–Crippen MR) is 110 cm³/mol. The van der Waals surface area contributed by atoms with Crippen molar-refractivity contribution in [1.29, 1.82) is 0 Å². The highest BCUT2D eigenvalue weighted by molar-refractivity contribution is 14.0. The fourth-order valence-corrected chi connectivity index (χ4v) is 2.21. The Morgan fingerprint density at radius 1 is 1.19 bits per heavy atom. The van der Waals surface area contributed by atoms with Gasteiger partial charge in [0, 0.05) is 6.54 Å². The molecule has 1 aromatic heterocycles. The summed E-state index contributed by atoms with van der Waals surface area (Å²) in [6, 6.07) is 8.48. The summed E-state index contributed by atoms with van der Waals surface area (Å²) >= 11 is 0. The Bertz CT molecular complexity index is 697. The minimum Gasteiger partial charge on any atom is -0.490 e. The van der Waals surface area contributed by atoms with Crippen LogP contribution in [-0.4, -0.2) is 25.7 Å². The maximum absolute atomic E-state index is 12.5. The molecule has 0 atom stereocenters. The van der Waals surface area contributed by atoms with Gasteiger partial charge in [-0.15, -0.1) is 24.0 Å². The quantitative estimate of drug-likeness (QED) is 0.311. The molecule has 9 heteroatoms. The van der Waals surface area contributed by atoms with E-state index in [0.29, 0.717) is 32.2 Å². The second-order valence-corrected chi connectivity index (χ2v) is 5.22. The lowest BCUT2D eigenvalue weighted by Gasteiger charge is -2.13. The smallest absolute Gasteiger partial charge is 0.387 e. The lowest BCUT2D eigenvalue weighted by Crippen LogP contribution is -2.36. The minimum atomic E-state index is -2.90. The van der Waals surface area contributed by atoms with Crippen LogP contribution in [0, 0.1) is 0 Å². The zero-order chi connectivity index (χ0) is 18.8. The standard InChI is InChI=1S/C18H23F2N3O3.HI/c1-3-21-18(23-12-14-6-5-9-25-14)22-11-13-7-8-15(26-17(19)20)16(10-13)24-4-2;/h5-10,17H,3-4,11-12H2,1-2H3,(H2,21,22,23);1H. The first kappa shape index (κ1) is 23.0. The van der Waals surface area contributed by atoms with Crippen LogP contribution in [0.5, 0.6) is 11.5 Å². The Kier molecular flexibility index (Phi) is 10.5. The van der Waals surface area contributed by atoms with Crippen LogP contribution in [0.2, 0.25) is 0 Å². The van der Waals surface area contributed by atoms with Crippen LogP contribution >= 0.6 is 24.0 Å². The van der Waals surface area contributed by atoms with Crippen LogP contribution in [0.1, 0.15) is 25.2 Å². The molecule has 0 radical (unpaired) electrons. The molecule has 6 nitrogen and oxygen atoms in total. The fraction of sp³-hybridized carbons (Fsp3) is 0.389. The van der Waals surface area contributed by atoms with E-state index in [0.717, 1.165) is 11.3 Å². The van der Waals surface area contributed by atoms with Gasteiger partial charge in [-0.3, -0.25) is 0 Å². The van der Waals surface area contributed by atoms with Gasteiger partial charge in [-0.1, -0.05) is 6.07 Å². The Morgan fingerprint density at radius 2 is 2.00 bits per heavy atom. The Labute approximate surface area is 174 Å². The summed E-state index contributed by atoms with van der Waals surface area (Å²) in [4.78, 5) is 4.48. The number of hydrogen-bond acceptors (Lipinski definition) is 4. The molecule has 0 spiro atoms. The Balaban J connectivity index is 0.00000364. The molecule has 2 aromatic rings. The van der Waals surface area contributed by atoms with Crippen LogP contribution in [0.15, 0.2) is 46.0 Å². The molecule has 0 saturated carbocycles. The normalized spacial score (nSPS) is 11.1. The first-order chi connectivity index (χ1) is 12.6. The van der Waals surface area contributed by atoms with Crippen molar-refractivity contribution in [3.63, 3.8) is 0 Å². The SMILES string of the molecule is CCNC(=NCc1ccc(OC(F)F)c(OCC)c1)NCc1ccco1.I. The molecule has 0 saturated heterocycles. The number of halogens is 3. The van der Waals surface area contributed by atoms with Crippen LogP contribution in [-0.2, 0) is 13.1 Å². The number of aliphatic imine (C=N–C) groups is 1. The van der Waals surface area contributed by atoms with Gasteiger partial charge < -0.3 is 24.5 Å². The van der Waals surface area contributed by atoms with Gasteiger partial charge >= 0.3 is 6.61 Å². The fourth-order valence-electron chi connectivity index (χ4n) is 2.21. The number of nitrogens with one attached hydrogen (secondary N) is 2. The summed E-state index contributed by atoms with van der Waals surface area (Å²) in [6.07, 6.45) is 1.61. The molecule has 2 rings (SSSR count). The molecular formula is C18H24F2IN3O3. The van der Waals surface area contributed by atoms with Gasteiger partial charge in [0.1, 0.15) is 5.76 Å². The van der Waals surface area contributed by atoms with Gasteiger partial charge in [0.25, 0.3) is 0 Å². The summed E-state index contributed by atoms with van der Waals surface area (Å²) in [6.45, 7) is 2.75. The number of alkyl halides is 2. The Hall–Kier alpha value is -2.04. The molecule has 0 aliphatic rings. The van der Waals surface area contributed by atoms with E-state index in [9.17, 15) is 8.78 Å². The molecular weight excluding hydrogens is 471 g/mol. The maximum Gasteiger partial charge on any atom is 0.387 e. The topological polar surface area (TPSA) is 68.0 Å². The predicted octanol–water partition coefficient (Wildman–Crippen LogP) is 4.15. The largest absolute Gasteiger partial charge is 0.490 e. The van der Waals surface area contributed by atoms with Crippen molar-refractivity contribution in [3.05, 3.63) is 47.9 Å². The Morgan fingerprint density at radius 3 is 2.63 bits per heavy atom. The van der Waals surface area contributed by atoms with Gasteiger partial charge in [0.05, 0.1) is 26.0 Å². The second kappa shape index (κ2) is 12.4. The molecule has 0 aliphatic heterocycles. The first-order valence-corrected chi connectivity index (χ1v) is 8.37. The van der Waals surface area contributed by atoms with E-state index in [4.69, 9.17) is 9.15 Å². The number of rotatable bonds is 9. The van der Waals surface area contributed by atoms with E-state index in [1.807, 2.05) is 19.1 Å². The van der Waals surface area contributed by atoms with Crippen molar-refractivity contribution < 1.29 is 22.7 Å². The van der Waals surface area contributed by atoms with Crippen molar-refractivity contribution in [1.82, 2.24) is 10.6 Å². The van der Waals surface area contributed by atoms with Gasteiger partial charge in [0.2, 0.25) is 0 Å². The van der Waals surface area contributed by atoms with E-state index in [1.54, 1.807) is 25.3 Å². The lowest BCUT2D eigenvalue weighted by molar-refractivity contribution is -0.0514. The number of guanidine groups is 1. The summed E-state index contributed by atoms with van der Waals surface area (Å²) in [7, 11) is 0. The number of nitrogens with zero attached hydrogens (tertiary/aromatic N) is 1. The van der Waals surface area contributed by atoms with E-state index >= 15 is 0 Å². The van der Waals surface area contributed by atoms with E-state index in [1.165, 1.54) is 6.07 Å². The van der Waals surface area contributed by atoms with Gasteiger partial charge in [-0.2, -0.15) is 8.78 Å². The van der Waals surface area contributed by atoms with Crippen molar-refractivity contribution in [2.75, 3.05) is 13.2 Å². The molecule has 0 unspecified atom stereocenters. The number of ether oxygens (including phenoxy) is 2. The number of furan rings is 1. The molecule has 0 aliphatic carbocycles. The summed E-state index contributed by atoms with van der Waals surface area (Å²) in [5, 5.41) is 6.30. The van der Waals surface area contributed by atoms with Crippen molar-refractivity contribution in [3.8, 4) is 11.5 Å². The zero-order valence-corrected chi connectivity index (χ0v) is 17.5. The molecule has 2 N–H and O–H groups in total. The monoisotopic (exact) mass is 495 g/mol. The lowest BCUT2D eigenvalue weighted by atomic mass is 10.2. The molecule has 150 valence electrons. The average molecular weight is 495 g/mol. The average Bonchev–Trinajstić information content (AvgIpc) is 3.13. The second-order valence-electron chi connectivity index (χ2n) is 5.22. The van der Waals surface area contributed by atoms with Crippen molar-refractivity contribution in [2.24, 2.45) is 4.99 Å². The van der Waals surface area contributed by atoms with E-state index in [-0.39, 0.29) is 35.5 Å². The minimum absolute atomic E-state index is 0. The third kappa shape index (κ3) is 8.02. The van der Waals surface area contributed by atoms with E-state index < -0.39 is 6.61 Å². The van der Waals surface area contributed by atoms with Gasteiger partial charge in [-0.05, 0) is 43.7 Å². The first-order valence-electron chi connectivity index (χ1n) is 8.37. The van der Waals surface area contributed by atoms with Crippen molar-refractivity contribution in [2.45, 2.75) is 33.5 Å². The highest BCUT2D eigenvalue weighted by Gasteiger charge is 2.11. The van der Waals surface area contributed by atoms with Crippen molar-refractivity contribution >= 4 is 29.9 Å². The van der Waals surface area contributed by atoms with E-state index in [2.05, 4.69) is 20.4 Å². The summed E-state index contributed by atoms with van der Waals surface area (Å²) in [5.74, 6) is 1.70. The molecule has 1 heterocycles. The van der Waals surface area contributed by atoms with Gasteiger partial charge in [-0.25, -0.2) is 4.99 Å². The third-order valence-corrected chi connectivity index (χ3v) is 3.30. The summed E-state index contributed by atoms with van der Waals surface area (Å²) in [5.41, 5.74) is 0.810. The maximum atomic E-state index is 12.5. The molecule has 0 fully saturated rings. The molecule has 0 bridgehead atoms. The van der Waals surface area contributed by atoms with Crippen LogP contribution < -0.4 is 20.1 Å². The van der Waals surface area contributed by atoms with Crippen LogP contribution in [0.4, 0.5) is 8.78 Å². The molecule has 0 amide bonds. The highest BCUT2D eigenvalue weighted by atomic mass is 127. The van der Waals surface area contributed by atoms with Crippen LogP contribution in [0.25, 0.3) is 0 Å². The number of hydrogen-bond donors (Lipinski definition) is 2. The zero-order valence-electron chi connectivity index (χ0n) is 15.2. The van der Waals surface area contributed by atoms with Crippen LogP contribution in [0.3, 0.4) is 0 Å². The molecule has 1 aromatic carbocycles. The van der Waals surface area contributed by atoms with Gasteiger partial charge in [0.15, 0.2) is 17.5 Å². The summed E-state index contributed by atoms with van der Waals surface area (Å²) < 4.78 is 40.0. The number of benzene rings is 1. The third-order valence-electron chi connectivity index (χ3n) is 3.30. The molecule has 27 heavy (non-hydrogen) atoms. The highest BCUT2D eigenvalue weighted by Crippen LogP contribution is 2.30.